The number of anilines is 3. The van der Waals surface area contributed by atoms with Gasteiger partial charge in [0.15, 0.2) is 0 Å². The molecule has 1 aromatic heterocycles. The second kappa shape index (κ2) is 13.9. The van der Waals surface area contributed by atoms with Crippen molar-refractivity contribution in [3.05, 3.63) is 223 Å². The Balaban J connectivity index is 1.17. The SMILES string of the molecule is CC1(C)c2ccccc2-c2cc(N(c3cccc(-c4ccccc4)c3)c3cccc(-c4ccc5c(c4)oc4ccccc45)c3-c3ccc(-c4ccccc4)cc3)ccc21. The Labute approximate surface area is 345 Å². The van der Waals surface area contributed by atoms with Gasteiger partial charge in [0, 0.05) is 33.1 Å². The maximum absolute atomic E-state index is 6.47. The maximum Gasteiger partial charge on any atom is 0.136 e. The maximum atomic E-state index is 6.47. The summed E-state index contributed by atoms with van der Waals surface area (Å²) in [5.74, 6) is 0. The minimum Gasteiger partial charge on any atom is -0.456 e. The number of hydrogen-bond donors (Lipinski definition) is 0. The lowest BCUT2D eigenvalue weighted by molar-refractivity contribution is 0.660. The van der Waals surface area contributed by atoms with E-state index in [9.17, 15) is 0 Å². The fraction of sp³-hybridized carbons (Fsp3) is 0.0526. The zero-order valence-corrected chi connectivity index (χ0v) is 33.1. The number of hydrogen-bond acceptors (Lipinski definition) is 2. The molecule has 0 spiro atoms. The average Bonchev–Trinajstić information content (AvgIpc) is 3.78. The fourth-order valence-corrected chi connectivity index (χ4v) is 9.35. The van der Waals surface area contributed by atoms with Crippen molar-refractivity contribution in [2.75, 3.05) is 4.90 Å². The highest BCUT2D eigenvalue weighted by molar-refractivity contribution is 6.07. The summed E-state index contributed by atoms with van der Waals surface area (Å²) >= 11 is 0. The van der Waals surface area contributed by atoms with Gasteiger partial charge in [-0.3, -0.25) is 0 Å². The lowest BCUT2D eigenvalue weighted by Gasteiger charge is -2.30. The van der Waals surface area contributed by atoms with Crippen molar-refractivity contribution in [3.8, 4) is 55.6 Å². The Kier molecular flexibility index (Phi) is 8.20. The number of fused-ring (bicyclic) bond motifs is 6. The van der Waals surface area contributed by atoms with Crippen LogP contribution in [0.15, 0.2) is 217 Å². The largest absolute Gasteiger partial charge is 0.456 e. The Morgan fingerprint density at radius 2 is 0.932 bits per heavy atom. The van der Waals surface area contributed by atoms with Crippen molar-refractivity contribution in [1.82, 2.24) is 0 Å². The van der Waals surface area contributed by atoms with E-state index in [1.54, 1.807) is 0 Å². The van der Waals surface area contributed by atoms with E-state index in [4.69, 9.17) is 4.42 Å². The van der Waals surface area contributed by atoms with Crippen LogP contribution in [0.25, 0.3) is 77.6 Å². The van der Waals surface area contributed by atoms with Crippen LogP contribution in [0.5, 0.6) is 0 Å². The van der Waals surface area contributed by atoms with Crippen LogP contribution in [0.1, 0.15) is 25.0 Å². The molecule has 0 N–H and O–H groups in total. The molecule has 0 fully saturated rings. The molecule has 11 rings (SSSR count). The summed E-state index contributed by atoms with van der Waals surface area (Å²) in [7, 11) is 0. The molecule has 0 atom stereocenters. The van der Waals surface area contributed by atoms with Gasteiger partial charge in [-0.05, 0) is 110 Å². The molecule has 1 aliphatic carbocycles. The smallest absolute Gasteiger partial charge is 0.136 e. The Morgan fingerprint density at radius 3 is 1.75 bits per heavy atom. The topological polar surface area (TPSA) is 16.4 Å². The van der Waals surface area contributed by atoms with Gasteiger partial charge in [0.1, 0.15) is 11.2 Å². The van der Waals surface area contributed by atoms with Gasteiger partial charge in [0.25, 0.3) is 0 Å². The Morgan fingerprint density at radius 1 is 0.356 bits per heavy atom. The van der Waals surface area contributed by atoms with Gasteiger partial charge < -0.3 is 9.32 Å². The van der Waals surface area contributed by atoms with Crippen LogP contribution < -0.4 is 4.90 Å². The predicted molar refractivity (Wildman–Crippen MR) is 248 cm³/mol. The van der Waals surface area contributed by atoms with Gasteiger partial charge in [-0.1, -0.05) is 178 Å². The molecular weight excluding hydrogens is 715 g/mol. The van der Waals surface area contributed by atoms with Crippen LogP contribution in [0.2, 0.25) is 0 Å². The van der Waals surface area contributed by atoms with Crippen molar-refractivity contribution in [3.63, 3.8) is 0 Å². The van der Waals surface area contributed by atoms with Crippen LogP contribution in [0, 0.1) is 0 Å². The molecule has 2 nitrogen and oxygen atoms in total. The van der Waals surface area contributed by atoms with Gasteiger partial charge in [0.05, 0.1) is 5.69 Å². The van der Waals surface area contributed by atoms with Gasteiger partial charge in [0.2, 0.25) is 0 Å². The number of rotatable bonds is 7. The summed E-state index contributed by atoms with van der Waals surface area (Å²) in [5.41, 5.74) is 19.5. The molecule has 0 bridgehead atoms. The standard InChI is InChI=1S/C57H41NO/c1-57(2)51-24-11-9-21-47(51)50-37-45(32-34-52(50)57)58(44-20-13-19-42(35-44)39-17-7-4-8-18-39)53-25-14-23-46(43-31-33-49-48-22-10-12-26-54(48)59-55(49)36-43)56(53)41-29-27-40(28-30-41)38-15-5-3-6-16-38/h3-37H,1-2H3. The van der Waals surface area contributed by atoms with E-state index >= 15 is 0 Å². The monoisotopic (exact) mass is 755 g/mol. The van der Waals surface area contributed by atoms with Gasteiger partial charge >= 0.3 is 0 Å². The van der Waals surface area contributed by atoms with E-state index in [2.05, 4.69) is 219 Å². The number of furan rings is 1. The third-order valence-corrected chi connectivity index (χ3v) is 12.3. The molecule has 0 amide bonds. The molecule has 280 valence electrons. The zero-order chi connectivity index (χ0) is 39.5. The Hall–Kier alpha value is -7.42. The first-order valence-electron chi connectivity index (χ1n) is 20.4. The summed E-state index contributed by atoms with van der Waals surface area (Å²) < 4.78 is 6.47. The number of para-hydroxylation sites is 1. The van der Waals surface area contributed by atoms with E-state index in [0.717, 1.165) is 61.3 Å². The van der Waals surface area contributed by atoms with E-state index in [-0.39, 0.29) is 5.41 Å². The molecule has 0 unspecified atom stereocenters. The highest BCUT2D eigenvalue weighted by Crippen LogP contribution is 2.52. The summed E-state index contributed by atoms with van der Waals surface area (Å²) in [6.45, 7) is 4.69. The first kappa shape index (κ1) is 34.8. The fourth-order valence-electron chi connectivity index (χ4n) is 9.35. The molecule has 10 aromatic rings. The second-order valence-corrected chi connectivity index (χ2v) is 16.1. The van der Waals surface area contributed by atoms with Crippen LogP contribution in [-0.2, 0) is 5.41 Å². The van der Waals surface area contributed by atoms with Gasteiger partial charge in [-0.2, -0.15) is 0 Å². The number of benzene rings is 9. The molecule has 0 saturated carbocycles. The van der Waals surface area contributed by atoms with Crippen LogP contribution >= 0.6 is 0 Å². The lowest BCUT2D eigenvalue weighted by Crippen LogP contribution is -2.15. The molecule has 59 heavy (non-hydrogen) atoms. The van der Waals surface area contributed by atoms with Crippen molar-refractivity contribution in [2.45, 2.75) is 19.3 Å². The van der Waals surface area contributed by atoms with E-state index < -0.39 is 0 Å². The molecule has 1 aliphatic rings. The van der Waals surface area contributed by atoms with Crippen molar-refractivity contribution < 1.29 is 4.42 Å². The minimum absolute atomic E-state index is 0.0939. The normalized spacial score (nSPS) is 12.7. The summed E-state index contributed by atoms with van der Waals surface area (Å²) in [6, 6.07) is 77.0. The summed E-state index contributed by atoms with van der Waals surface area (Å²) in [5, 5.41) is 2.25. The average molecular weight is 756 g/mol. The van der Waals surface area contributed by atoms with E-state index in [1.165, 1.54) is 44.5 Å². The van der Waals surface area contributed by atoms with Crippen molar-refractivity contribution >= 4 is 39.0 Å². The predicted octanol–water partition coefficient (Wildman–Crippen LogP) is 16.0. The molecule has 0 radical (unpaired) electrons. The molecule has 0 saturated heterocycles. The first-order valence-corrected chi connectivity index (χ1v) is 20.4. The highest BCUT2D eigenvalue weighted by Gasteiger charge is 2.36. The third-order valence-electron chi connectivity index (χ3n) is 12.3. The summed E-state index contributed by atoms with van der Waals surface area (Å²) in [6.07, 6.45) is 0. The zero-order valence-electron chi connectivity index (χ0n) is 33.1. The molecule has 9 aromatic carbocycles. The molecule has 1 heterocycles. The third kappa shape index (κ3) is 5.87. The van der Waals surface area contributed by atoms with Gasteiger partial charge in [-0.15, -0.1) is 0 Å². The van der Waals surface area contributed by atoms with Gasteiger partial charge in [-0.25, -0.2) is 0 Å². The lowest BCUT2D eigenvalue weighted by atomic mass is 9.82. The van der Waals surface area contributed by atoms with Crippen LogP contribution in [-0.4, -0.2) is 0 Å². The summed E-state index contributed by atoms with van der Waals surface area (Å²) in [4.78, 5) is 2.46. The number of nitrogens with zero attached hydrogens (tertiary/aromatic N) is 1. The molecule has 2 heteroatoms. The van der Waals surface area contributed by atoms with E-state index in [1.807, 2.05) is 12.1 Å². The van der Waals surface area contributed by atoms with Crippen molar-refractivity contribution in [2.24, 2.45) is 0 Å². The van der Waals surface area contributed by atoms with E-state index in [0.29, 0.717) is 0 Å². The minimum atomic E-state index is -0.0939. The first-order chi connectivity index (χ1) is 29.0. The van der Waals surface area contributed by atoms with Crippen LogP contribution in [0.4, 0.5) is 17.1 Å². The highest BCUT2D eigenvalue weighted by atomic mass is 16.3. The molecular formula is C57H41NO. The Bertz CT molecular complexity index is 3170. The van der Waals surface area contributed by atoms with Crippen LogP contribution in [0.3, 0.4) is 0 Å². The quantitative estimate of drug-likeness (QED) is 0.161. The van der Waals surface area contributed by atoms with Crippen molar-refractivity contribution in [1.29, 1.82) is 0 Å². The molecule has 0 aliphatic heterocycles. The second-order valence-electron chi connectivity index (χ2n) is 16.1.